The van der Waals surface area contributed by atoms with Gasteiger partial charge in [-0.1, -0.05) is 6.07 Å². The van der Waals surface area contributed by atoms with Crippen molar-refractivity contribution in [3.63, 3.8) is 0 Å². The Morgan fingerprint density at radius 1 is 1.47 bits per heavy atom. The minimum absolute atomic E-state index is 0.0993. The van der Waals surface area contributed by atoms with Crippen molar-refractivity contribution in [2.75, 3.05) is 14.1 Å². The SMILES string of the molecule is Cc1ccc(C(=O)N(C)C)cc1O[B]O. The predicted octanol–water partition coefficient (Wildman–Crippen LogP) is 0.602. The Labute approximate surface area is 89.8 Å². The second-order valence-electron chi connectivity index (χ2n) is 3.40. The first-order valence-corrected chi connectivity index (χ1v) is 4.51. The van der Waals surface area contributed by atoms with Crippen molar-refractivity contribution in [1.82, 2.24) is 4.90 Å². The van der Waals surface area contributed by atoms with Crippen LogP contribution in [0, 0.1) is 6.92 Å². The lowest BCUT2D eigenvalue weighted by molar-refractivity contribution is 0.0827. The van der Waals surface area contributed by atoms with Crippen molar-refractivity contribution in [3.05, 3.63) is 29.3 Å². The van der Waals surface area contributed by atoms with Gasteiger partial charge in [0.25, 0.3) is 5.91 Å². The second-order valence-corrected chi connectivity index (χ2v) is 3.40. The topological polar surface area (TPSA) is 49.8 Å². The van der Waals surface area contributed by atoms with Crippen LogP contribution in [0.15, 0.2) is 18.2 Å². The molecule has 1 rings (SSSR count). The van der Waals surface area contributed by atoms with Gasteiger partial charge in [-0.2, -0.15) is 0 Å². The van der Waals surface area contributed by atoms with Crippen molar-refractivity contribution < 1.29 is 14.5 Å². The van der Waals surface area contributed by atoms with Gasteiger partial charge in [0.15, 0.2) is 0 Å². The first-order chi connectivity index (χ1) is 7.06. The highest BCUT2D eigenvalue weighted by atomic mass is 16.5. The number of rotatable bonds is 3. The molecule has 1 radical (unpaired) electrons. The normalized spacial score (nSPS) is 9.60. The van der Waals surface area contributed by atoms with Gasteiger partial charge < -0.3 is 14.6 Å². The third kappa shape index (κ3) is 2.73. The van der Waals surface area contributed by atoms with Gasteiger partial charge in [0.2, 0.25) is 0 Å². The van der Waals surface area contributed by atoms with Gasteiger partial charge in [-0.3, -0.25) is 4.79 Å². The van der Waals surface area contributed by atoms with Crippen molar-refractivity contribution in [2.24, 2.45) is 0 Å². The van der Waals surface area contributed by atoms with E-state index in [2.05, 4.69) is 0 Å². The van der Waals surface area contributed by atoms with Crippen LogP contribution in [-0.4, -0.2) is 37.6 Å². The van der Waals surface area contributed by atoms with Crippen LogP contribution < -0.4 is 4.65 Å². The Balaban J connectivity index is 3.01. The number of hydrogen-bond acceptors (Lipinski definition) is 3. The number of carbonyl (C=O) groups is 1. The third-order valence-electron chi connectivity index (χ3n) is 2.02. The zero-order valence-electron chi connectivity index (χ0n) is 9.02. The van der Waals surface area contributed by atoms with Gasteiger partial charge in [0.05, 0.1) is 0 Å². The van der Waals surface area contributed by atoms with E-state index in [0.717, 1.165) is 5.56 Å². The molecular formula is C10H13BNO3. The molecule has 4 nitrogen and oxygen atoms in total. The molecule has 1 amide bonds. The zero-order valence-corrected chi connectivity index (χ0v) is 9.02. The number of benzene rings is 1. The van der Waals surface area contributed by atoms with E-state index in [-0.39, 0.29) is 5.91 Å². The molecule has 0 saturated heterocycles. The van der Waals surface area contributed by atoms with Gasteiger partial charge in [0.1, 0.15) is 5.75 Å². The fraction of sp³-hybridized carbons (Fsp3) is 0.300. The van der Waals surface area contributed by atoms with Crippen molar-refractivity contribution >= 4 is 13.6 Å². The molecule has 0 unspecified atom stereocenters. The van der Waals surface area contributed by atoms with E-state index in [0.29, 0.717) is 19.0 Å². The molecule has 0 fully saturated rings. The van der Waals surface area contributed by atoms with Crippen LogP contribution in [0.25, 0.3) is 0 Å². The van der Waals surface area contributed by atoms with E-state index in [9.17, 15) is 4.79 Å². The quantitative estimate of drug-likeness (QED) is 0.736. The van der Waals surface area contributed by atoms with E-state index < -0.39 is 0 Å². The smallest absolute Gasteiger partial charge is 0.537 e. The van der Waals surface area contributed by atoms with E-state index in [1.54, 1.807) is 32.3 Å². The number of aryl methyl sites for hydroxylation is 1. The number of carbonyl (C=O) groups excluding carboxylic acids is 1. The van der Waals surface area contributed by atoms with Crippen LogP contribution >= 0.6 is 0 Å². The average Bonchev–Trinajstić information content (AvgIpc) is 2.20. The maximum Gasteiger partial charge on any atom is 0.569 e. The predicted molar refractivity (Wildman–Crippen MR) is 57.8 cm³/mol. The van der Waals surface area contributed by atoms with Gasteiger partial charge in [0, 0.05) is 19.7 Å². The largest absolute Gasteiger partial charge is 0.569 e. The van der Waals surface area contributed by atoms with Crippen molar-refractivity contribution in [3.8, 4) is 5.75 Å². The maximum absolute atomic E-state index is 11.6. The van der Waals surface area contributed by atoms with Gasteiger partial charge in [-0.15, -0.1) is 0 Å². The summed E-state index contributed by atoms with van der Waals surface area (Å²) in [6.07, 6.45) is 0. The summed E-state index contributed by atoms with van der Waals surface area (Å²) in [5.41, 5.74) is 1.39. The minimum atomic E-state index is -0.0993. The molecule has 0 spiro atoms. The lowest BCUT2D eigenvalue weighted by Crippen LogP contribution is -2.21. The first kappa shape index (κ1) is 11.6. The fourth-order valence-corrected chi connectivity index (χ4v) is 1.18. The van der Waals surface area contributed by atoms with E-state index in [1.807, 2.05) is 6.92 Å². The highest BCUT2D eigenvalue weighted by molar-refractivity contribution is 6.17. The Kier molecular flexibility index (Phi) is 3.74. The van der Waals surface area contributed by atoms with E-state index >= 15 is 0 Å². The minimum Gasteiger partial charge on any atom is -0.537 e. The third-order valence-corrected chi connectivity index (χ3v) is 2.02. The monoisotopic (exact) mass is 206 g/mol. The highest BCUT2D eigenvalue weighted by Gasteiger charge is 2.10. The Morgan fingerprint density at radius 2 is 2.13 bits per heavy atom. The molecule has 15 heavy (non-hydrogen) atoms. The summed E-state index contributed by atoms with van der Waals surface area (Å²) >= 11 is 0. The summed E-state index contributed by atoms with van der Waals surface area (Å²) in [6.45, 7) is 1.84. The van der Waals surface area contributed by atoms with Crippen LogP contribution in [-0.2, 0) is 0 Å². The molecule has 0 bridgehead atoms. The molecule has 1 N–H and O–H groups in total. The Hall–Kier alpha value is -1.49. The molecule has 0 aromatic heterocycles. The van der Waals surface area contributed by atoms with Gasteiger partial charge in [-0.25, -0.2) is 0 Å². The lowest BCUT2D eigenvalue weighted by Gasteiger charge is -2.12. The van der Waals surface area contributed by atoms with Crippen LogP contribution in [0.4, 0.5) is 0 Å². The molecule has 0 aliphatic carbocycles. The summed E-state index contributed by atoms with van der Waals surface area (Å²) in [6, 6.07) is 5.10. The average molecular weight is 206 g/mol. The number of hydrogen-bond donors (Lipinski definition) is 1. The molecule has 5 heteroatoms. The van der Waals surface area contributed by atoms with Gasteiger partial charge >= 0.3 is 7.69 Å². The zero-order chi connectivity index (χ0) is 11.4. The summed E-state index contributed by atoms with van der Waals surface area (Å²) < 4.78 is 4.87. The Morgan fingerprint density at radius 3 is 2.67 bits per heavy atom. The van der Waals surface area contributed by atoms with Crippen molar-refractivity contribution in [1.29, 1.82) is 0 Å². The summed E-state index contributed by atoms with van der Waals surface area (Å²) in [5.74, 6) is 0.378. The number of nitrogens with zero attached hydrogens (tertiary/aromatic N) is 1. The molecule has 1 aromatic rings. The first-order valence-electron chi connectivity index (χ1n) is 4.51. The summed E-state index contributed by atoms with van der Waals surface area (Å²) in [5, 5.41) is 8.54. The molecule has 1 aromatic carbocycles. The highest BCUT2D eigenvalue weighted by Crippen LogP contribution is 2.19. The molecular weight excluding hydrogens is 193 g/mol. The molecule has 0 aliphatic heterocycles. The van der Waals surface area contributed by atoms with Crippen LogP contribution in [0.5, 0.6) is 5.75 Å². The molecule has 0 heterocycles. The van der Waals surface area contributed by atoms with E-state index in [4.69, 9.17) is 9.68 Å². The van der Waals surface area contributed by atoms with Crippen molar-refractivity contribution in [2.45, 2.75) is 6.92 Å². The van der Waals surface area contributed by atoms with Gasteiger partial charge in [-0.05, 0) is 24.6 Å². The molecule has 0 atom stereocenters. The fourth-order valence-electron chi connectivity index (χ4n) is 1.18. The Bertz CT molecular complexity index is 366. The van der Waals surface area contributed by atoms with Crippen LogP contribution in [0.3, 0.4) is 0 Å². The maximum atomic E-state index is 11.6. The van der Waals surface area contributed by atoms with Crippen LogP contribution in [0.2, 0.25) is 0 Å². The second kappa shape index (κ2) is 4.84. The molecule has 0 aliphatic rings. The molecule has 0 saturated carbocycles. The lowest BCUT2D eigenvalue weighted by atomic mass is 10.1. The number of amides is 1. The summed E-state index contributed by atoms with van der Waals surface area (Å²) in [7, 11) is 3.97. The van der Waals surface area contributed by atoms with E-state index in [1.165, 1.54) is 4.90 Å². The standard InChI is InChI=1S/C10H13BNO3/c1-7-4-5-8(10(13)12(2)3)6-9(7)15-11-14/h4-6,14H,1-3H3. The summed E-state index contributed by atoms with van der Waals surface area (Å²) in [4.78, 5) is 13.1. The molecule has 79 valence electrons. The van der Waals surface area contributed by atoms with Crippen LogP contribution in [0.1, 0.15) is 15.9 Å².